The highest BCUT2D eigenvalue weighted by Crippen LogP contribution is 2.29. The monoisotopic (exact) mass is 399 g/mol. The second-order valence-electron chi connectivity index (χ2n) is 7.13. The van der Waals surface area contributed by atoms with Crippen LogP contribution in [0.5, 0.6) is 5.75 Å². The Morgan fingerprint density at radius 3 is 2.77 bits per heavy atom. The number of anilines is 1. The summed E-state index contributed by atoms with van der Waals surface area (Å²) in [6.45, 7) is 0.912. The van der Waals surface area contributed by atoms with Crippen LogP contribution in [0.15, 0.2) is 71.8 Å². The van der Waals surface area contributed by atoms with E-state index in [-0.39, 0.29) is 16.9 Å². The number of aromatic nitrogens is 4. The van der Waals surface area contributed by atoms with Crippen molar-refractivity contribution in [1.82, 2.24) is 19.6 Å². The fraction of sp³-hybridized carbons (Fsp3) is 0.174. The first kappa shape index (κ1) is 18.2. The SMILES string of the molecule is COc1cn(-c2cccc3c2NCCC3)nc(-c2ccnn2-c2ccccc2)c1=O. The zero-order chi connectivity index (χ0) is 20.5. The number of methoxy groups -OCH3 is 1. The Kier molecular flexibility index (Phi) is 4.55. The third-order valence-electron chi connectivity index (χ3n) is 5.29. The van der Waals surface area contributed by atoms with Crippen molar-refractivity contribution in [3.63, 3.8) is 0 Å². The minimum atomic E-state index is -0.274. The van der Waals surface area contributed by atoms with Gasteiger partial charge in [-0.2, -0.15) is 10.2 Å². The topological polar surface area (TPSA) is 74.0 Å². The molecule has 1 aliphatic heterocycles. The molecule has 7 heteroatoms. The van der Waals surface area contributed by atoms with Gasteiger partial charge >= 0.3 is 0 Å². The molecule has 0 amide bonds. The van der Waals surface area contributed by atoms with E-state index in [4.69, 9.17) is 9.84 Å². The van der Waals surface area contributed by atoms with Crippen LogP contribution in [0, 0.1) is 0 Å². The molecule has 2 aromatic carbocycles. The molecule has 1 N–H and O–H groups in total. The average molecular weight is 399 g/mol. The molecule has 0 saturated heterocycles. The van der Waals surface area contributed by atoms with Gasteiger partial charge in [0, 0.05) is 6.54 Å². The van der Waals surface area contributed by atoms with Gasteiger partial charge in [0.15, 0.2) is 11.4 Å². The second kappa shape index (κ2) is 7.51. The molecule has 1 aliphatic rings. The molecule has 2 aromatic heterocycles. The molecule has 0 fully saturated rings. The number of rotatable bonds is 4. The molecule has 7 nitrogen and oxygen atoms in total. The fourth-order valence-corrected chi connectivity index (χ4v) is 3.84. The van der Waals surface area contributed by atoms with Gasteiger partial charge < -0.3 is 10.1 Å². The summed E-state index contributed by atoms with van der Waals surface area (Å²) in [4.78, 5) is 13.1. The molecule has 0 bridgehead atoms. The number of nitrogens with zero attached hydrogens (tertiary/aromatic N) is 4. The molecule has 0 radical (unpaired) electrons. The van der Waals surface area contributed by atoms with Gasteiger partial charge in [-0.15, -0.1) is 0 Å². The van der Waals surface area contributed by atoms with Gasteiger partial charge in [-0.1, -0.05) is 30.3 Å². The predicted molar refractivity (Wildman–Crippen MR) is 116 cm³/mol. The molecule has 0 aliphatic carbocycles. The normalized spacial score (nSPS) is 12.8. The van der Waals surface area contributed by atoms with E-state index in [1.807, 2.05) is 42.5 Å². The minimum absolute atomic E-state index is 0.231. The van der Waals surface area contributed by atoms with E-state index in [9.17, 15) is 4.79 Å². The molecular formula is C23H21N5O2. The lowest BCUT2D eigenvalue weighted by atomic mass is 10.0. The van der Waals surface area contributed by atoms with Gasteiger partial charge in [0.1, 0.15) is 0 Å². The molecule has 3 heterocycles. The Morgan fingerprint density at radius 2 is 1.93 bits per heavy atom. The van der Waals surface area contributed by atoms with Crippen molar-refractivity contribution in [3.05, 3.63) is 82.8 Å². The Hall–Kier alpha value is -3.87. The lowest BCUT2D eigenvalue weighted by Gasteiger charge is -2.22. The maximum Gasteiger partial charge on any atom is 0.251 e. The van der Waals surface area contributed by atoms with Crippen molar-refractivity contribution in [1.29, 1.82) is 0 Å². The van der Waals surface area contributed by atoms with Gasteiger partial charge in [0.2, 0.25) is 0 Å². The number of para-hydroxylation sites is 2. The fourth-order valence-electron chi connectivity index (χ4n) is 3.84. The largest absolute Gasteiger partial charge is 0.491 e. The smallest absolute Gasteiger partial charge is 0.251 e. The third-order valence-corrected chi connectivity index (χ3v) is 5.29. The molecule has 0 spiro atoms. The molecule has 0 saturated carbocycles. The molecule has 5 rings (SSSR count). The number of ether oxygens (including phenoxy) is 1. The standard InChI is InChI=1S/C23H21N5O2/c1-30-20-15-27(18-11-5-7-16-8-6-13-24-21(16)18)26-22(23(20)29)19-12-14-25-28(19)17-9-3-2-4-10-17/h2-5,7,9-12,14-15,24H,6,8,13H2,1H3. The van der Waals surface area contributed by atoms with E-state index in [1.165, 1.54) is 12.7 Å². The molecule has 0 unspecified atom stereocenters. The van der Waals surface area contributed by atoms with E-state index in [0.717, 1.165) is 36.4 Å². The summed E-state index contributed by atoms with van der Waals surface area (Å²) in [5, 5.41) is 12.6. The van der Waals surface area contributed by atoms with Crippen molar-refractivity contribution in [2.75, 3.05) is 19.0 Å². The van der Waals surface area contributed by atoms with Gasteiger partial charge in [-0.05, 0) is 42.7 Å². The summed E-state index contributed by atoms with van der Waals surface area (Å²) in [6.07, 6.45) is 5.42. The number of benzene rings is 2. The van der Waals surface area contributed by atoms with E-state index in [1.54, 1.807) is 27.8 Å². The van der Waals surface area contributed by atoms with Crippen molar-refractivity contribution in [2.45, 2.75) is 12.8 Å². The minimum Gasteiger partial charge on any atom is -0.491 e. The van der Waals surface area contributed by atoms with Crippen molar-refractivity contribution < 1.29 is 4.74 Å². The highest BCUT2D eigenvalue weighted by Gasteiger charge is 2.20. The summed E-state index contributed by atoms with van der Waals surface area (Å²) in [5.41, 5.74) is 4.65. The Bertz CT molecular complexity index is 1260. The van der Waals surface area contributed by atoms with Crippen molar-refractivity contribution >= 4 is 5.69 Å². The van der Waals surface area contributed by atoms with E-state index in [0.29, 0.717) is 5.69 Å². The van der Waals surface area contributed by atoms with Gasteiger partial charge in [-0.25, -0.2) is 9.36 Å². The van der Waals surface area contributed by atoms with Crippen LogP contribution in [0.3, 0.4) is 0 Å². The van der Waals surface area contributed by atoms with Gasteiger partial charge in [0.25, 0.3) is 5.43 Å². The zero-order valence-corrected chi connectivity index (χ0v) is 16.6. The zero-order valence-electron chi connectivity index (χ0n) is 16.6. The number of nitrogens with one attached hydrogen (secondary N) is 1. The first-order valence-corrected chi connectivity index (χ1v) is 9.90. The van der Waals surface area contributed by atoms with Crippen LogP contribution in [0.2, 0.25) is 0 Å². The summed E-state index contributed by atoms with van der Waals surface area (Å²) >= 11 is 0. The molecule has 0 atom stereocenters. The highest BCUT2D eigenvalue weighted by molar-refractivity contribution is 5.68. The second-order valence-corrected chi connectivity index (χ2v) is 7.13. The maximum atomic E-state index is 13.1. The molecular weight excluding hydrogens is 378 g/mol. The van der Waals surface area contributed by atoms with Crippen LogP contribution < -0.4 is 15.5 Å². The predicted octanol–water partition coefficient (Wildman–Crippen LogP) is 3.45. The quantitative estimate of drug-likeness (QED) is 0.569. The van der Waals surface area contributed by atoms with E-state index >= 15 is 0 Å². The average Bonchev–Trinajstić information content (AvgIpc) is 3.29. The van der Waals surface area contributed by atoms with Gasteiger partial charge in [-0.3, -0.25) is 4.79 Å². The lowest BCUT2D eigenvalue weighted by Crippen LogP contribution is -2.20. The van der Waals surface area contributed by atoms with E-state index < -0.39 is 0 Å². The summed E-state index contributed by atoms with van der Waals surface area (Å²) < 4.78 is 8.84. The Labute approximate surface area is 173 Å². The number of fused-ring (bicyclic) bond motifs is 1. The van der Waals surface area contributed by atoms with Crippen LogP contribution in [0.4, 0.5) is 5.69 Å². The van der Waals surface area contributed by atoms with Gasteiger partial charge in [0.05, 0.1) is 42.3 Å². The molecule has 150 valence electrons. The summed E-state index contributed by atoms with van der Waals surface area (Å²) in [7, 11) is 1.50. The highest BCUT2D eigenvalue weighted by atomic mass is 16.5. The van der Waals surface area contributed by atoms with Crippen LogP contribution >= 0.6 is 0 Å². The van der Waals surface area contributed by atoms with Crippen molar-refractivity contribution in [3.8, 4) is 28.5 Å². The first-order chi connectivity index (χ1) is 14.8. The Morgan fingerprint density at radius 1 is 1.07 bits per heavy atom. The first-order valence-electron chi connectivity index (χ1n) is 9.90. The number of aryl methyl sites for hydroxylation is 1. The third kappa shape index (κ3) is 3.04. The Balaban J connectivity index is 1.72. The number of hydrogen-bond donors (Lipinski definition) is 1. The van der Waals surface area contributed by atoms with Crippen LogP contribution in [-0.2, 0) is 6.42 Å². The van der Waals surface area contributed by atoms with Crippen molar-refractivity contribution in [2.24, 2.45) is 0 Å². The maximum absolute atomic E-state index is 13.1. The summed E-state index contributed by atoms with van der Waals surface area (Å²) in [5.74, 6) is 0.231. The van der Waals surface area contributed by atoms with Crippen LogP contribution in [0.1, 0.15) is 12.0 Å². The molecule has 4 aromatic rings. The summed E-state index contributed by atoms with van der Waals surface area (Å²) in [6, 6.07) is 17.6. The lowest BCUT2D eigenvalue weighted by molar-refractivity contribution is 0.405. The molecule has 30 heavy (non-hydrogen) atoms. The van der Waals surface area contributed by atoms with Crippen LogP contribution in [-0.4, -0.2) is 33.2 Å². The number of hydrogen-bond acceptors (Lipinski definition) is 5. The van der Waals surface area contributed by atoms with Crippen LogP contribution in [0.25, 0.3) is 22.8 Å². The van der Waals surface area contributed by atoms with E-state index in [2.05, 4.69) is 16.5 Å².